The summed E-state index contributed by atoms with van der Waals surface area (Å²) in [5, 5.41) is 7.02. The number of benzene rings is 1. The van der Waals surface area contributed by atoms with Gasteiger partial charge in [-0.05, 0) is 68.8 Å². The van der Waals surface area contributed by atoms with Crippen molar-refractivity contribution in [2.24, 2.45) is 11.8 Å². The minimum absolute atomic E-state index is 0.0407. The highest BCUT2D eigenvalue weighted by Crippen LogP contribution is 2.29. The quantitative estimate of drug-likeness (QED) is 0.390. The number of anilines is 1. The van der Waals surface area contributed by atoms with Gasteiger partial charge < -0.3 is 29.9 Å². The Hall–Kier alpha value is -3.76. The molecule has 10 nitrogen and oxygen atoms in total. The number of amides is 2. The standard InChI is InChI=1S/C34H44N6O4/c1-39-14-16-40(17-15-39)32-11-10-26(23-35-32)31-20-29(28-4-2-3-5-30(28)38-31)33(41)36-21-24-6-8-25(9-7-24)22-37-34(42)44-27-12-18-43-19-13-27/h2-5,10-11,20,23-25,27H,6-9,12-19,21-22H2,1H3,(H,36,41)(H,37,42). The Bertz CT molecular complexity index is 1410. The molecule has 2 saturated heterocycles. The van der Waals surface area contributed by atoms with E-state index in [1.165, 1.54) is 0 Å². The number of carbonyl (C=O) groups is 2. The first kappa shape index (κ1) is 30.3. The summed E-state index contributed by atoms with van der Waals surface area (Å²) in [6.07, 6.45) is 7.13. The Balaban J connectivity index is 1.03. The molecular formula is C34H44N6O4. The third kappa shape index (κ3) is 7.65. The maximum absolute atomic E-state index is 13.5. The van der Waals surface area contributed by atoms with E-state index in [1.807, 2.05) is 36.5 Å². The highest BCUT2D eigenvalue weighted by atomic mass is 16.6. The van der Waals surface area contributed by atoms with Crippen LogP contribution in [-0.2, 0) is 9.47 Å². The van der Waals surface area contributed by atoms with E-state index in [4.69, 9.17) is 19.4 Å². The predicted octanol–water partition coefficient (Wildman–Crippen LogP) is 4.49. The molecule has 2 aliphatic heterocycles. The molecular weight excluding hydrogens is 556 g/mol. The van der Waals surface area contributed by atoms with E-state index < -0.39 is 0 Å². The molecule has 3 fully saturated rings. The smallest absolute Gasteiger partial charge is 0.407 e. The summed E-state index contributed by atoms with van der Waals surface area (Å²) in [5.74, 6) is 1.75. The van der Waals surface area contributed by atoms with Crippen LogP contribution in [0.4, 0.5) is 10.6 Å². The van der Waals surface area contributed by atoms with E-state index in [1.54, 1.807) is 0 Å². The second-order valence-electron chi connectivity index (χ2n) is 12.5. The van der Waals surface area contributed by atoms with Crippen molar-refractivity contribution in [1.29, 1.82) is 0 Å². The van der Waals surface area contributed by atoms with Crippen LogP contribution >= 0.6 is 0 Å². The van der Waals surface area contributed by atoms with Gasteiger partial charge in [0.2, 0.25) is 0 Å². The Kier molecular flexibility index (Phi) is 9.87. The van der Waals surface area contributed by atoms with Gasteiger partial charge in [0.25, 0.3) is 5.91 Å². The number of rotatable bonds is 8. The molecule has 2 aromatic heterocycles. The predicted molar refractivity (Wildman–Crippen MR) is 171 cm³/mol. The van der Waals surface area contributed by atoms with Crippen molar-refractivity contribution in [3.8, 4) is 11.3 Å². The molecule has 0 spiro atoms. The average Bonchev–Trinajstić information content (AvgIpc) is 3.07. The number of nitrogens with one attached hydrogen (secondary N) is 2. The lowest BCUT2D eigenvalue weighted by Gasteiger charge is -2.33. The lowest BCUT2D eigenvalue weighted by atomic mass is 9.82. The summed E-state index contributed by atoms with van der Waals surface area (Å²) in [7, 11) is 2.15. The molecule has 10 heteroatoms. The number of piperazine rings is 1. The number of aromatic nitrogens is 2. The van der Waals surface area contributed by atoms with Gasteiger partial charge in [0, 0.05) is 69.3 Å². The SMILES string of the molecule is CN1CCN(c2ccc(-c3cc(C(=O)NCC4CCC(CNC(=O)OC5CCOCC5)CC4)c4ccccc4n3)cn2)CC1. The number of alkyl carbamates (subject to hydrolysis) is 1. The Morgan fingerprint density at radius 1 is 0.909 bits per heavy atom. The summed E-state index contributed by atoms with van der Waals surface area (Å²) in [5.41, 5.74) is 3.07. The lowest BCUT2D eigenvalue weighted by molar-refractivity contribution is 0.00123. The zero-order valence-electron chi connectivity index (χ0n) is 25.7. The Labute approximate surface area is 259 Å². The first-order valence-electron chi connectivity index (χ1n) is 16.1. The molecule has 1 aromatic carbocycles. The molecule has 0 unspecified atom stereocenters. The molecule has 2 amide bonds. The highest BCUT2D eigenvalue weighted by molar-refractivity contribution is 6.07. The fourth-order valence-electron chi connectivity index (χ4n) is 6.46. The van der Waals surface area contributed by atoms with Gasteiger partial charge in [0.1, 0.15) is 11.9 Å². The van der Waals surface area contributed by atoms with Crippen LogP contribution in [0.1, 0.15) is 48.9 Å². The van der Waals surface area contributed by atoms with Crippen LogP contribution in [0.25, 0.3) is 22.2 Å². The fourth-order valence-corrected chi connectivity index (χ4v) is 6.46. The molecule has 234 valence electrons. The van der Waals surface area contributed by atoms with E-state index in [2.05, 4.69) is 39.6 Å². The van der Waals surface area contributed by atoms with Gasteiger partial charge in [-0.3, -0.25) is 4.79 Å². The fraction of sp³-hybridized carbons (Fsp3) is 0.529. The van der Waals surface area contributed by atoms with Crippen molar-refractivity contribution >= 4 is 28.7 Å². The summed E-state index contributed by atoms with van der Waals surface area (Å²) >= 11 is 0. The zero-order chi connectivity index (χ0) is 30.3. The number of hydrogen-bond donors (Lipinski definition) is 2. The van der Waals surface area contributed by atoms with Crippen LogP contribution in [0.15, 0.2) is 48.7 Å². The Morgan fingerprint density at radius 2 is 1.61 bits per heavy atom. The number of ether oxygens (including phenoxy) is 2. The van der Waals surface area contributed by atoms with Gasteiger partial charge in [-0.1, -0.05) is 18.2 Å². The first-order valence-corrected chi connectivity index (χ1v) is 16.1. The normalized spacial score (nSPS) is 21.6. The molecule has 0 radical (unpaired) electrons. The number of likely N-dealkylation sites (N-methyl/N-ethyl adjacent to an activating group) is 1. The van der Waals surface area contributed by atoms with Crippen LogP contribution < -0.4 is 15.5 Å². The average molecular weight is 601 g/mol. The van der Waals surface area contributed by atoms with E-state index in [-0.39, 0.29) is 18.1 Å². The number of carbonyl (C=O) groups excluding carboxylic acids is 2. The van der Waals surface area contributed by atoms with Crippen LogP contribution in [0.5, 0.6) is 0 Å². The molecule has 4 heterocycles. The van der Waals surface area contributed by atoms with E-state index >= 15 is 0 Å². The van der Waals surface area contributed by atoms with E-state index in [9.17, 15) is 9.59 Å². The van der Waals surface area contributed by atoms with Gasteiger partial charge in [0.15, 0.2) is 0 Å². The summed E-state index contributed by atoms with van der Waals surface area (Å²) in [4.78, 5) is 40.0. The number of nitrogens with zero attached hydrogens (tertiary/aromatic N) is 4. The van der Waals surface area contributed by atoms with Crippen LogP contribution in [0.3, 0.4) is 0 Å². The minimum Gasteiger partial charge on any atom is -0.446 e. The van der Waals surface area contributed by atoms with Crippen molar-refractivity contribution in [2.45, 2.75) is 44.6 Å². The molecule has 2 N–H and O–H groups in total. The summed E-state index contributed by atoms with van der Waals surface area (Å²) in [6.45, 7) is 6.56. The third-order valence-electron chi connectivity index (χ3n) is 9.33. The van der Waals surface area contributed by atoms with Crippen molar-refractivity contribution < 1.29 is 19.1 Å². The molecule has 3 aliphatic rings. The number of para-hydroxylation sites is 1. The second-order valence-corrected chi connectivity index (χ2v) is 12.5. The largest absolute Gasteiger partial charge is 0.446 e. The number of pyridine rings is 2. The molecule has 1 aliphatic carbocycles. The number of fused-ring (bicyclic) bond motifs is 1. The molecule has 1 saturated carbocycles. The topological polar surface area (TPSA) is 109 Å². The highest BCUT2D eigenvalue weighted by Gasteiger charge is 2.24. The molecule has 44 heavy (non-hydrogen) atoms. The van der Waals surface area contributed by atoms with E-state index in [0.717, 1.165) is 92.7 Å². The maximum Gasteiger partial charge on any atom is 0.407 e. The van der Waals surface area contributed by atoms with Crippen LogP contribution in [0.2, 0.25) is 0 Å². The van der Waals surface area contributed by atoms with Crippen molar-refractivity contribution in [3.05, 3.63) is 54.2 Å². The van der Waals surface area contributed by atoms with Gasteiger partial charge in [-0.25, -0.2) is 14.8 Å². The minimum atomic E-state index is -0.322. The van der Waals surface area contributed by atoms with Gasteiger partial charge in [-0.2, -0.15) is 0 Å². The summed E-state index contributed by atoms with van der Waals surface area (Å²) < 4.78 is 10.8. The third-order valence-corrected chi connectivity index (χ3v) is 9.33. The van der Waals surface area contributed by atoms with Crippen molar-refractivity contribution in [1.82, 2.24) is 25.5 Å². The van der Waals surface area contributed by atoms with Crippen LogP contribution in [-0.4, -0.2) is 92.5 Å². The Morgan fingerprint density at radius 3 is 2.32 bits per heavy atom. The molecule has 0 bridgehead atoms. The molecule has 0 atom stereocenters. The second kappa shape index (κ2) is 14.3. The van der Waals surface area contributed by atoms with Gasteiger partial charge >= 0.3 is 6.09 Å². The zero-order valence-corrected chi connectivity index (χ0v) is 25.7. The van der Waals surface area contributed by atoms with E-state index in [0.29, 0.717) is 43.7 Å². The first-order chi connectivity index (χ1) is 21.5. The molecule has 6 rings (SSSR count). The number of hydrogen-bond acceptors (Lipinski definition) is 8. The monoisotopic (exact) mass is 600 g/mol. The van der Waals surface area contributed by atoms with Gasteiger partial charge in [0.05, 0.1) is 30.0 Å². The van der Waals surface area contributed by atoms with Crippen molar-refractivity contribution in [3.63, 3.8) is 0 Å². The lowest BCUT2D eigenvalue weighted by Crippen LogP contribution is -2.44. The maximum atomic E-state index is 13.5. The summed E-state index contributed by atoms with van der Waals surface area (Å²) in [6, 6.07) is 13.8. The van der Waals surface area contributed by atoms with Crippen LogP contribution in [0, 0.1) is 11.8 Å². The van der Waals surface area contributed by atoms with Crippen molar-refractivity contribution in [2.75, 3.05) is 64.4 Å². The molecule has 3 aromatic rings. The van der Waals surface area contributed by atoms with Gasteiger partial charge in [-0.15, -0.1) is 0 Å².